The summed E-state index contributed by atoms with van der Waals surface area (Å²) in [6, 6.07) is -0.513. The zero-order valence-electron chi connectivity index (χ0n) is 7.07. The topological polar surface area (TPSA) is 81.1 Å². The normalized spacial score (nSPS) is 12.8. The molecule has 0 saturated heterocycles. The minimum Gasteiger partial charge on any atom is -0.481 e. The molecule has 6 heteroatoms. The van der Waals surface area contributed by atoms with Gasteiger partial charge in [0.15, 0.2) is 0 Å². The van der Waals surface area contributed by atoms with E-state index < -0.39 is 12.0 Å². The number of hydrogen-bond acceptors (Lipinski definition) is 3. The molecule has 0 fully saturated rings. The quantitative estimate of drug-likeness (QED) is 0.823. The van der Waals surface area contributed by atoms with Crippen LogP contribution in [0.1, 0.15) is 18.0 Å². The molecule has 1 heterocycles. The van der Waals surface area contributed by atoms with E-state index in [0.29, 0.717) is 10.2 Å². The van der Waals surface area contributed by atoms with Crippen LogP contribution in [0, 0.1) is 0 Å². The number of carbonyl (C=O) groups is 1. The molecule has 72 valence electrons. The van der Waals surface area contributed by atoms with Gasteiger partial charge in [0.25, 0.3) is 0 Å². The van der Waals surface area contributed by atoms with Crippen molar-refractivity contribution in [3.63, 3.8) is 0 Å². The molecule has 5 nitrogen and oxygen atoms in total. The number of hydrogen-bond donors (Lipinski definition) is 2. The number of aryl methyl sites for hydroxylation is 1. The third-order valence-corrected chi connectivity index (χ3v) is 2.22. The van der Waals surface area contributed by atoms with E-state index >= 15 is 0 Å². The molecule has 0 amide bonds. The average Bonchev–Trinajstić information content (AvgIpc) is 2.28. The molecule has 1 unspecified atom stereocenters. The Bertz CT molecular complexity index is 324. The number of aliphatic carboxylic acids is 1. The summed E-state index contributed by atoms with van der Waals surface area (Å²) in [7, 11) is 1.75. The maximum atomic E-state index is 10.4. The molecular weight excluding hydrogens is 238 g/mol. The van der Waals surface area contributed by atoms with Crippen molar-refractivity contribution in [3.05, 3.63) is 16.4 Å². The number of halogens is 1. The number of aromatic nitrogens is 2. The van der Waals surface area contributed by atoms with Crippen molar-refractivity contribution in [3.8, 4) is 0 Å². The van der Waals surface area contributed by atoms with Crippen LogP contribution >= 0.6 is 15.9 Å². The predicted molar refractivity (Wildman–Crippen MR) is 50.1 cm³/mol. The van der Waals surface area contributed by atoms with Crippen LogP contribution in [0.15, 0.2) is 10.8 Å². The summed E-state index contributed by atoms with van der Waals surface area (Å²) in [6.45, 7) is 0. The van der Waals surface area contributed by atoms with Crippen LogP contribution in [-0.4, -0.2) is 20.9 Å². The Morgan fingerprint density at radius 2 is 2.54 bits per heavy atom. The molecule has 0 aliphatic rings. The smallest absolute Gasteiger partial charge is 0.305 e. The summed E-state index contributed by atoms with van der Waals surface area (Å²) >= 11 is 3.20. The van der Waals surface area contributed by atoms with Crippen molar-refractivity contribution in [1.29, 1.82) is 0 Å². The van der Waals surface area contributed by atoms with Crippen molar-refractivity contribution in [2.24, 2.45) is 12.8 Å². The van der Waals surface area contributed by atoms with E-state index in [2.05, 4.69) is 21.0 Å². The molecule has 1 rings (SSSR count). The van der Waals surface area contributed by atoms with Gasteiger partial charge in [0.1, 0.15) is 4.60 Å². The Hall–Kier alpha value is -0.880. The van der Waals surface area contributed by atoms with Gasteiger partial charge in [-0.3, -0.25) is 9.48 Å². The second-order valence-electron chi connectivity index (χ2n) is 2.75. The number of nitrogens with zero attached hydrogens (tertiary/aromatic N) is 2. The minimum atomic E-state index is -0.914. The molecule has 0 spiro atoms. The molecule has 1 atom stereocenters. The lowest BCUT2D eigenvalue weighted by atomic mass is 10.1. The molecule has 3 N–H and O–H groups in total. The molecule has 0 saturated carbocycles. The Kier molecular flexibility index (Phi) is 3.05. The first-order chi connectivity index (χ1) is 6.00. The van der Waals surface area contributed by atoms with Crippen LogP contribution in [0.3, 0.4) is 0 Å². The molecular formula is C7H10BrN3O2. The third kappa shape index (κ3) is 2.53. The highest BCUT2D eigenvalue weighted by Crippen LogP contribution is 2.21. The van der Waals surface area contributed by atoms with Gasteiger partial charge in [-0.1, -0.05) is 0 Å². The SMILES string of the molecule is Cn1cc(C(N)CC(=O)O)c(Br)n1. The lowest BCUT2D eigenvalue weighted by Crippen LogP contribution is -2.14. The van der Waals surface area contributed by atoms with Crippen LogP contribution in [0.2, 0.25) is 0 Å². The first-order valence-corrected chi connectivity index (χ1v) is 4.46. The van der Waals surface area contributed by atoms with Gasteiger partial charge in [-0.25, -0.2) is 0 Å². The summed E-state index contributed by atoms with van der Waals surface area (Å²) in [5.74, 6) is -0.914. The highest BCUT2D eigenvalue weighted by atomic mass is 79.9. The molecule has 0 aliphatic heterocycles. The van der Waals surface area contributed by atoms with Crippen molar-refractivity contribution in [1.82, 2.24) is 9.78 Å². The summed E-state index contributed by atoms with van der Waals surface area (Å²) in [5, 5.41) is 12.5. The van der Waals surface area contributed by atoms with Crippen LogP contribution in [0.5, 0.6) is 0 Å². The third-order valence-electron chi connectivity index (χ3n) is 1.60. The standard InChI is InChI=1S/C7H10BrN3O2/c1-11-3-4(7(8)10-11)5(9)2-6(12)13/h3,5H,2,9H2,1H3,(H,12,13). The second kappa shape index (κ2) is 3.89. The monoisotopic (exact) mass is 247 g/mol. The first kappa shape index (κ1) is 10.2. The highest BCUT2D eigenvalue weighted by molar-refractivity contribution is 9.10. The minimum absolute atomic E-state index is 0.0930. The van der Waals surface area contributed by atoms with E-state index in [0.717, 1.165) is 0 Å². The van der Waals surface area contributed by atoms with Crippen LogP contribution in [-0.2, 0) is 11.8 Å². The Morgan fingerprint density at radius 3 is 2.92 bits per heavy atom. The zero-order chi connectivity index (χ0) is 10.0. The number of carboxylic acid groups (broad SMARTS) is 1. The Labute approximate surface area is 83.7 Å². The fourth-order valence-electron chi connectivity index (χ4n) is 1.03. The van der Waals surface area contributed by atoms with Gasteiger partial charge in [0, 0.05) is 24.8 Å². The van der Waals surface area contributed by atoms with E-state index in [4.69, 9.17) is 10.8 Å². The Balaban J connectivity index is 2.81. The maximum Gasteiger partial charge on any atom is 0.305 e. The summed E-state index contributed by atoms with van der Waals surface area (Å²) in [4.78, 5) is 10.4. The molecule has 0 radical (unpaired) electrons. The molecule has 0 aliphatic carbocycles. The van der Waals surface area contributed by atoms with E-state index in [1.807, 2.05) is 0 Å². The number of nitrogens with two attached hydrogens (primary N) is 1. The molecule has 1 aromatic heterocycles. The van der Waals surface area contributed by atoms with E-state index in [1.165, 1.54) is 0 Å². The van der Waals surface area contributed by atoms with E-state index in [-0.39, 0.29) is 6.42 Å². The summed E-state index contributed by atoms with van der Waals surface area (Å²) in [6.07, 6.45) is 1.61. The number of carboxylic acids is 1. The molecule has 0 bridgehead atoms. The van der Waals surface area contributed by atoms with Gasteiger partial charge in [0.2, 0.25) is 0 Å². The van der Waals surface area contributed by atoms with E-state index in [1.54, 1.807) is 17.9 Å². The average molecular weight is 248 g/mol. The van der Waals surface area contributed by atoms with Crippen molar-refractivity contribution in [2.45, 2.75) is 12.5 Å². The summed E-state index contributed by atoms with van der Waals surface area (Å²) in [5.41, 5.74) is 6.36. The molecule has 13 heavy (non-hydrogen) atoms. The van der Waals surface area contributed by atoms with Crippen LogP contribution in [0.25, 0.3) is 0 Å². The van der Waals surface area contributed by atoms with Crippen LogP contribution < -0.4 is 5.73 Å². The van der Waals surface area contributed by atoms with Crippen molar-refractivity contribution >= 4 is 21.9 Å². The highest BCUT2D eigenvalue weighted by Gasteiger charge is 2.15. The van der Waals surface area contributed by atoms with Gasteiger partial charge in [0.05, 0.1) is 6.42 Å². The van der Waals surface area contributed by atoms with Gasteiger partial charge < -0.3 is 10.8 Å². The van der Waals surface area contributed by atoms with Gasteiger partial charge in [-0.15, -0.1) is 0 Å². The maximum absolute atomic E-state index is 10.4. The lowest BCUT2D eigenvalue weighted by Gasteiger charge is -2.05. The van der Waals surface area contributed by atoms with Gasteiger partial charge in [-0.05, 0) is 15.9 Å². The predicted octanol–water partition coefficient (Wildman–Crippen LogP) is 0.657. The molecule has 0 aromatic carbocycles. The largest absolute Gasteiger partial charge is 0.481 e. The molecule has 1 aromatic rings. The lowest BCUT2D eigenvalue weighted by molar-refractivity contribution is -0.137. The number of rotatable bonds is 3. The Morgan fingerprint density at radius 1 is 1.92 bits per heavy atom. The van der Waals surface area contributed by atoms with Gasteiger partial charge >= 0.3 is 5.97 Å². The first-order valence-electron chi connectivity index (χ1n) is 3.67. The second-order valence-corrected chi connectivity index (χ2v) is 3.50. The van der Waals surface area contributed by atoms with E-state index in [9.17, 15) is 4.79 Å². The van der Waals surface area contributed by atoms with Crippen molar-refractivity contribution in [2.75, 3.05) is 0 Å². The summed E-state index contributed by atoms with van der Waals surface area (Å²) < 4.78 is 2.19. The fourth-order valence-corrected chi connectivity index (χ4v) is 1.67. The fraction of sp³-hybridized carbons (Fsp3) is 0.429. The van der Waals surface area contributed by atoms with Crippen LogP contribution in [0.4, 0.5) is 0 Å². The van der Waals surface area contributed by atoms with Crippen molar-refractivity contribution < 1.29 is 9.90 Å². The van der Waals surface area contributed by atoms with Gasteiger partial charge in [-0.2, -0.15) is 5.10 Å². The zero-order valence-corrected chi connectivity index (χ0v) is 8.65.